The molecule has 25 heavy (non-hydrogen) atoms. The van der Waals surface area contributed by atoms with Gasteiger partial charge in [0.2, 0.25) is 0 Å². The van der Waals surface area contributed by atoms with Crippen molar-refractivity contribution in [2.24, 2.45) is 5.92 Å². The minimum Gasteiger partial charge on any atom is -0.393 e. The van der Waals surface area contributed by atoms with Gasteiger partial charge in [-0.15, -0.1) is 0 Å². The molecule has 134 valence electrons. The number of urea groups is 1. The number of aliphatic hydroxyl groups excluding tert-OH is 1. The third-order valence-electron chi connectivity index (χ3n) is 4.22. The van der Waals surface area contributed by atoms with Gasteiger partial charge in [-0.3, -0.25) is 5.10 Å². The molecule has 0 radical (unpaired) electrons. The molecule has 1 heterocycles. The fraction of sp³-hybridized carbons (Fsp3) is 0.500. The van der Waals surface area contributed by atoms with Gasteiger partial charge >= 0.3 is 6.03 Å². The summed E-state index contributed by atoms with van der Waals surface area (Å²) in [5, 5.41) is 22.2. The van der Waals surface area contributed by atoms with Gasteiger partial charge in [0.05, 0.1) is 6.10 Å². The van der Waals surface area contributed by atoms with E-state index in [0.717, 1.165) is 11.4 Å². The van der Waals surface area contributed by atoms with Crippen LogP contribution < -0.4 is 10.6 Å². The van der Waals surface area contributed by atoms with Crippen LogP contribution in [-0.2, 0) is 0 Å². The van der Waals surface area contributed by atoms with Crippen LogP contribution in [0.3, 0.4) is 0 Å². The van der Waals surface area contributed by atoms with Crippen molar-refractivity contribution in [3.63, 3.8) is 0 Å². The highest BCUT2D eigenvalue weighted by molar-refractivity contribution is 5.89. The van der Waals surface area contributed by atoms with Crippen molar-refractivity contribution in [3.8, 4) is 11.4 Å². The van der Waals surface area contributed by atoms with E-state index in [1.165, 1.54) is 12.8 Å². The average molecular weight is 343 g/mol. The number of aromatic nitrogens is 3. The predicted octanol–water partition coefficient (Wildman–Crippen LogP) is 2.88. The van der Waals surface area contributed by atoms with Crippen molar-refractivity contribution < 1.29 is 9.90 Å². The van der Waals surface area contributed by atoms with Crippen LogP contribution in [0.25, 0.3) is 11.4 Å². The molecule has 1 aliphatic rings. The van der Waals surface area contributed by atoms with Gasteiger partial charge in [0.1, 0.15) is 5.82 Å². The maximum Gasteiger partial charge on any atom is 0.319 e. The van der Waals surface area contributed by atoms with Gasteiger partial charge in [-0.2, -0.15) is 5.10 Å². The second kappa shape index (κ2) is 7.65. The summed E-state index contributed by atoms with van der Waals surface area (Å²) in [6.07, 6.45) is 2.67. The molecule has 0 bridgehead atoms. The van der Waals surface area contributed by atoms with Crippen LogP contribution >= 0.6 is 0 Å². The molecule has 2 amide bonds. The number of anilines is 1. The van der Waals surface area contributed by atoms with Crippen molar-refractivity contribution in [1.29, 1.82) is 0 Å². The van der Waals surface area contributed by atoms with E-state index >= 15 is 0 Å². The molecule has 2 aromatic rings. The first-order chi connectivity index (χ1) is 12.0. The largest absolute Gasteiger partial charge is 0.393 e. The van der Waals surface area contributed by atoms with Crippen LogP contribution in [-0.4, -0.2) is 39.0 Å². The fourth-order valence-corrected chi connectivity index (χ4v) is 2.75. The van der Waals surface area contributed by atoms with Crippen molar-refractivity contribution in [2.45, 2.75) is 45.1 Å². The van der Waals surface area contributed by atoms with E-state index in [4.69, 9.17) is 0 Å². The summed E-state index contributed by atoms with van der Waals surface area (Å²) >= 11 is 0. The molecule has 0 aliphatic heterocycles. The molecular weight excluding hydrogens is 318 g/mol. The predicted molar refractivity (Wildman–Crippen MR) is 96.3 cm³/mol. The van der Waals surface area contributed by atoms with Crippen molar-refractivity contribution in [2.75, 3.05) is 11.9 Å². The summed E-state index contributed by atoms with van der Waals surface area (Å²) in [4.78, 5) is 16.4. The first kappa shape index (κ1) is 17.4. The second-order valence-corrected chi connectivity index (χ2v) is 6.92. The van der Waals surface area contributed by atoms with Crippen LogP contribution in [0.1, 0.15) is 44.9 Å². The minimum absolute atomic E-state index is 0.222. The number of hydrogen-bond acceptors (Lipinski definition) is 4. The molecule has 7 nitrogen and oxygen atoms in total. The topological polar surface area (TPSA) is 103 Å². The van der Waals surface area contributed by atoms with Gasteiger partial charge in [-0.25, -0.2) is 9.78 Å². The van der Waals surface area contributed by atoms with Crippen LogP contribution in [0, 0.1) is 5.92 Å². The van der Waals surface area contributed by atoms with Crippen LogP contribution in [0.2, 0.25) is 0 Å². The molecule has 1 saturated carbocycles. The number of benzene rings is 1. The number of rotatable bonds is 7. The Kier molecular flexibility index (Phi) is 5.33. The fourth-order valence-electron chi connectivity index (χ4n) is 2.75. The Bertz CT molecular complexity index is 707. The zero-order valence-electron chi connectivity index (χ0n) is 14.6. The van der Waals surface area contributed by atoms with Crippen molar-refractivity contribution >= 4 is 11.7 Å². The molecule has 7 heteroatoms. The van der Waals surface area contributed by atoms with Gasteiger partial charge in [0.15, 0.2) is 5.82 Å². The van der Waals surface area contributed by atoms with Crippen molar-refractivity contribution in [1.82, 2.24) is 20.5 Å². The highest BCUT2D eigenvalue weighted by atomic mass is 16.3. The quantitative estimate of drug-likeness (QED) is 0.620. The normalized spacial score (nSPS) is 16.3. The Morgan fingerprint density at radius 2 is 2.04 bits per heavy atom. The number of H-pyrrole nitrogens is 1. The lowest BCUT2D eigenvalue weighted by atomic mass is 10.1. The number of aliphatic hydroxyl groups is 1. The third kappa shape index (κ3) is 5.03. The van der Waals surface area contributed by atoms with Crippen LogP contribution in [0.5, 0.6) is 0 Å². The highest BCUT2D eigenvalue weighted by Gasteiger charge is 2.27. The Hall–Kier alpha value is -2.41. The molecule has 3 rings (SSSR count). The summed E-state index contributed by atoms with van der Waals surface area (Å²) in [5.41, 5.74) is 1.63. The van der Waals surface area contributed by atoms with E-state index in [1.807, 2.05) is 31.2 Å². The van der Waals surface area contributed by atoms with Gasteiger partial charge < -0.3 is 15.7 Å². The van der Waals surface area contributed by atoms with Crippen molar-refractivity contribution in [3.05, 3.63) is 30.1 Å². The molecule has 0 saturated heterocycles. The number of carbonyl (C=O) groups is 1. The Morgan fingerprint density at radius 1 is 1.32 bits per heavy atom. The summed E-state index contributed by atoms with van der Waals surface area (Å²) in [7, 11) is 0. The lowest BCUT2D eigenvalue weighted by Crippen LogP contribution is -2.33. The zero-order chi connectivity index (χ0) is 17.8. The van der Waals surface area contributed by atoms with Crippen LogP contribution in [0.4, 0.5) is 10.5 Å². The summed E-state index contributed by atoms with van der Waals surface area (Å²) in [6, 6.07) is 7.21. The molecule has 0 spiro atoms. The third-order valence-corrected chi connectivity index (χ3v) is 4.22. The number of amides is 2. The van der Waals surface area contributed by atoms with E-state index in [2.05, 4.69) is 25.8 Å². The van der Waals surface area contributed by atoms with Gasteiger partial charge in [-0.05, 0) is 56.4 Å². The molecular formula is C18H25N5O2. The molecule has 1 aliphatic carbocycles. The summed E-state index contributed by atoms with van der Waals surface area (Å²) < 4.78 is 0. The summed E-state index contributed by atoms with van der Waals surface area (Å²) in [5.74, 6) is 2.41. The summed E-state index contributed by atoms with van der Waals surface area (Å²) in [6.45, 7) is 4.27. The van der Waals surface area contributed by atoms with Crippen LogP contribution in [0.15, 0.2) is 24.3 Å². The molecule has 1 fully saturated rings. The first-order valence-electron chi connectivity index (χ1n) is 8.77. The number of nitrogens with one attached hydrogen (secondary N) is 3. The molecule has 2 atom stereocenters. The van der Waals surface area contributed by atoms with Gasteiger partial charge in [-0.1, -0.05) is 6.92 Å². The standard InChI is InChI=1S/C18H25N5O2/c1-11(9-12(2)24)10-19-18(25)20-15-7-5-14(6-8-15)17-21-16(22-23-17)13-3-4-13/h5-8,11-13,24H,3-4,9-10H2,1-2H3,(H2,19,20,25)(H,21,22,23). The SMILES string of the molecule is CC(O)CC(C)CNC(=O)Nc1ccc(-c2n[nH]c(C3CC3)n2)cc1. The molecule has 2 unspecified atom stereocenters. The Morgan fingerprint density at radius 3 is 2.68 bits per heavy atom. The van der Waals surface area contributed by atoms with Gasteiger partial charge in [0, 0.05) is 23.7 Å². The molecule has 4 N–H and O–H groups in total. The van der Waals surface area contributed by atoms with E-state index in [1.54, 1.807) is 6.92 Å². The van der Waals surface area contributed by atoms with E-state index in [0.29, 0.717) is 30.4 Å². The zero-order valence-corrected chi connectivity index (χ0v) is 14.6. The van der Waals surface area contributed by atoms with E-state index in [-0.39, 0.29) is 18.1 Å². The smallest absolute Gasteiger partial charge is 0.319 e. The first-order valence-corrected chi connectivity index (χ1v) is 8.77. The van der Waals surface area contributed by atoms with E-state index in [9.17, 15) is 9.90 Å². The Labute approximate surface area is 147 Å². The number of nitrogens with zero attached hydrogens (tertiary/aromatic N) is 2. The molecule has 1 aromatic heterocycles. The monoisotopic (exact) mass is 343 g/mol. The number of aromatic amines is 1. The maximum atomic E-state index is 11.9. The van der Waals surface area contributed by atoms with E-state index < -0.39 is 0 Å². The maximum absolute atomic E-state index is 11.9. The number of carbonyl (C=O) groups excluding carboxylic acids is 1. The minimum atomic E-state index is -0.358. The average Bonchev–Trinajstić information content (AvgIpc) is 3.31. The lowest BCUT2D eigenvalue weighted by molar-refractivity contribution is 0.163. The molecule has 1 aromatic carbocycles. The Balaban J connectivity index is 1.50. The lowest BCUT2D eigenvalue weighted by Gasteiger charge is -2.14. The van der Waals surface area contributed by atoms with Gasteiger partial charge in [0.25, 0.3) is 0 Å². The highest BCUT2D eigenvalue weighted by Crippen LogP contribution is 2.38. The second-order valence-electron chi connectivity index (χ2n) is 6.92. The number of hydrogen-bond donors (Lipinski definition) is 4.